The molecule has 3 rings (SSSR count). The van der Waals surface area contributed by atoms with Crippen molar-refractivity contribution in [3.63, 3.8) is 0 Å². The van der Waals surface area contributed by atoms with Crippen LogP contribution < -0.4 is 14.2 Å². The molecular formula is C22H24F3N3O4S. The molecule has 1 heterocycles. The van der Waals surface area contributed by atoms with Crippen LogP contribution in [0, 0.1) is 0 Å². The monoisotopic (exact) mass is 483 g/mol. The summed E-state index contributed by atoms with van der Waals surface area (Å²) in [6, 6.07) is 11.3. The van der Waals surface area contributed by atoms with Crippen molar-refractivity contribution in [2.45, 2.75) is 30.2 Å². The van der Waals surface area contributed by atoms with E-state index in [0.717, 1.165) is 17.5 Å². The molecule has 0 unspecified atom stereocenters. The molecule has 2 aromatic carbocycles. The molecule has 0 saturated carbocycles. The van der Waals surface area contributed by atoms with Crippen molar-refractivity contribution in [3.8, 4) is 28.6 Å². The molecule has 11 heteroatoms. The molecule has 0 aliphatic heterocycles. The zero-order valence-electron chi connectivity index (χ0n) is 18.4. The molecule has 0 spiro atoms. The van der Waals surface area contributed by atoms with Gasteiger partial charge in [0.25, 0.3) is 0 Å². The quantitative estimate of drug-likeness (QED) is 0.275. The van der Waals surface area contributed by atoms with Crippen molar-refractivity contribution in [1.29, 1.82) is 0 Å². The molecule has 3 aromatic rings. The molecule has 0 N–H and O–H groups in total. The second-order valence-corrected chi connectivity index (χ2v) is 7.80. The van der Waals surface area contributed by atoms with Gasteiger partial charge in [0, 0.05) is 31.6 Å². The van der Waals surface area contributed by atoms with E-state index < -0.39 is 6.36 Å². The number of benzene rings is 2. The van der Waals surface area contributed by atoms with Crippen molar-refractivity contribution in [3.05, 3.63) is 48.0 Å². The van der Waals surface area contributed by atoms with Crippen LogP contribution in [-0.4, -0.2) is 49.1 Å². The molecule has 0 aliphatic rings. The summed E-state index contributed by atoms with van der Waals surface area (Å²) in [4.78, 5) is 0. The Morgan fingerprint density at radius 2 is 1.67 bits per heavy atom. The number of methoxy groups -OCH3 is 3. The Kier molecular flexibility index (Phi) is 8.45. The van der Waals surface area contributed by atoms with Crippen molar-refractivity contribution in [1.82, 2.24) is 14.8 Å². The van der Waals surface area contributed by atoms with Crippen LogP contribution in [0.5, 0.6) is 17.2 Å². The summed E-state index contributed by atoms with van der Waals surface area (Å²) < 4.78 is 58.8. The van der Waals surface area contributed by atoms with Gasteiger partial charge in [-0.15, -0.1) is 23.4 Å². The molecule has 0 fully saturated rings. The lowest BCUT2D eigenvalue weighted by Gasteiger charge is -2.12. The fraction of sp³-hybridized carbons (Fsp3) is 0.364. The lowest BCUT2D eigenvalue weighted by Crippen LogP contribution is -2.16. The first-order chi connectivity index (χ1) is 15.8. The maximum absolute atomic E-state index is 12.3. The first kappa shape index (κ1) is 24.7. The highest BCUT2D eigenvalue weighted by molar-refractivity contribution is 7.98. The Labute approximate surface area is 193 Å². The van der Waals surface area contributed by atoms with Gasteiger partial charge >= 0.3 is 6.36 Å². The summed E-state index contributed by atoms with van der Waals surface area (Å²) in [7, 11) is 4.78. The SMILES string of the molecule is COCCCn1c(SCc2ccc(OC(F)(F)F)cc2)nnc1-c1ccc(OC)c(OC)c1. The van der Waals surface area contributed by atoms with Crippen LogP contribution in [0.4, 0.5) is 13.2 Å². The fourth-order valence-corrected chi connectivity index (χ4v) is 4.01. The molecule has 178 valence electrons. The van der Waals surface area contributed by atoms with E-state index in [1.807, 2.05) is 16.7 Å². The Morgan fingerprint density at radius 3 is 2.30 bits per heavy atom. The second-order valence-electron chi connectivity index (χ2n) is 6.85. The Balaban J connectivity index is 1.80. The lowest BCUT2D eigenvalue weighted by molar-refractivity contribution is -0.274. The van der Waals surface area contributed by atoms with E-state index in [0.29, 0.717) is 41.4 Å². The average Bonchev–Trinajstić information content (AvgIpc) is 3.20. The Morgan fingerprint density at radius 1 is 0.939 bits per heavy atom. The third-order valence-corrected chi connectivity index (χ3v) is 5.65. The predicted molar refractivity (Wildman–Crippen MR) is 118 cm³/mol. The lowest BCUT2D eigenvalue weighted by atomic mass is 10.2. The van der Waals surface area contributed by atoms with E-state index in [1.165, 1.54) is 23.9 Å². The molecule has 0 bridgehead atoms. The molecule has 0 radical (unpaired) electrons. The smallest absolute Gasteiger partial charge is 0.493 e. The maximum atomic E-state index is 12.3. The number of hydrogen-bond acceptors (Lipinski definition) is 7. The number of hydrogen-bond donors (Lipinski definition) is 0. The summed E-state index contributed by atoms with van der Waals surface area (Å²) in [6.07, 6.45) is -3.96. The third-order valence-electron chi connectivity index (χ3n) is 4.61. The molecule has 0 saturated heterocycles. The van der Waals surface area contributed by atoms with Gasteiger partial charge in [0.2, 0.25) is 0 Å². The molecule has 33 heavy (non-hydrogen) atoms. The summed E-state index contributed by atoms with van der Waals surface area (Å²) in [6.45, 7) is 1.21. The summed E-state index contributed by atoms with van der Waals surface area (Å²) in [5.74, 6) is 2.11. The van der Waals surface area contributed by atoms with Crippen LogP contribution in [0.25, 0.3) is 11.4 Å². The van der Waals surface area contributed by atoms with Gasteiger partial charge in [0.1, 0.15) is 5.75 Å². The van der Waals surface area contributed by atoms with Crippen molar-refractivity contribution >= 4 is 11.8 Å². The number of thioether (sulfide) groups is 1. The number of aromatic nitrogens is 3. The zero-order valence-corrected chi connectivity index (χ0v) is 19.2. The highest BCUT2D eigenvalue weighted by Crippen LogP contribution is 2.33. The summed E-state index contributed by atoms with van der Waals surface area (Å²) in [5, 5.41) is 9.40. The first-order valence-electron chi connectivity index (χ1n) is 9.96. The number of alkyl halides is 3. The zero-order chi connectivity index (χ0) is 23.8. The van der Waals surface area contributed by atoms with Gasteiger partial charge in [-0.1, -0.05) is 23.9 Å². The largest absolute Gasteiger partial charge is 0.573 e. The minimum absolute atomic E-state index is 0.255. The van der Waals surface area contributed by atoms with E-state index in [1.54, 1.807) is 39.5 Å². The predicted octanol–water partition coefficient (Wildman–Crippen LogP) is 5.19. The standard InChI is InChI=1S/C22H24F3N3O4S/c1-29-12-4-11-28-20(16-7-10-18(30-2)19(13-16)31-3)26-27-21(28)33-14-15-5-8-17(9-6-15)32-22(23,24)25/h5-10,13H,4,11-12,14H2,1-3H3. The number of ether oxygens (including phenoxy) is 4. The van der Waals surface area contributed by atoms with Gasteiger partial charge in [-0.25, -0.2) is 0 Å². The van der Waals surface area contributed by atoms with Crippen LogP contribution in [-0.2, 0) is 17.0 Å². The van der Waals surface area contributed by atoms with Gasteiger partial charge in [-0.3, -0.25) is 0 Å². The highest BCUT2D eigenvalue weighted by Gasteiger charge is 2.31. The first-order valence-corrected chi connectivity index (χ1v) is 10.9. The van der Waals surface area contributed by atoms with Crippen molar-refractivity contribution in [2.24, 2.45) is 0 Å². The van der Waals surface area contributed by atoms with Gasteiger partial charge in [-0.05, 0) is 42.3 Å². The number of halogens is 3. The Hall–Kier alpha value is -2.92. The van der Waals surface area contributed by atoms with Gasteiger partial charge in [0.05, 0.1) is 14.2 Å². The van der Waals surface area contributed by atoms with Crippen molar-refractivity contribution in [2.75, 3.05) is 27.9 Å². The van der Waals surface area contributed by atoms with Crippen LogP contribution in [0.1, 0.15) is 12.0 Å². The molecule has 7 nitrogen and oxygen atoms in total. The summed E-state index contributed by atoms with van der Waals surface area (Å²) >= 11 is 1.44. The second kappa shape index (κ2) is 11.3. The maximum Gasteiger partial charge on any atom is 0.573 e. The third kappa shape index (κ3) is 6.78. The molecule has 0 amide bonds. The van der Waals surface area contributed by atoms with E-state index in [4.69, 9.17) is 14.2 Å². The highest BCUT2D eigenvalue weighted by atomic mass is 32.2. The fourth-order valence-electron chi connectivity index (χ4n) is 3.09. The van der Waals surface area contributed by atoms with Crippen LogP contribution >= 0.6 is 11.8 Å². The molecule has 0 aliphatic carbocycles. The van der Waals surface area contributed by atoms with E-state index >= 15 is 0 Å². The van der Waals surface area contributed by atoms with Gasteiger partial charge < -0.3 is 23.5 Å². The van der Waals surface area contributed by atoms with Gasteiger partial charge in [0.15, 0.2) is 22.5 Å². The minimum atomic E-state index is -4.71. The average molecular weight is 484 g/mol. The number of nitrogens with zero attached hydrogens (tertiary/aromatic N) is 3. The van der Waals surface area contributed by atoms with Crippen LogP contribution in [0.3, 0.4) is 0 Å². The normalized spacial score (nSPS) is 11.5. The molecule has 0 atom stereocenters. The van der Waals surface area contributed by atoms with Crippen LogP contribution in [0.2, 0.25) is 0 Å². The topological polar surface area (TPSA) is 67.6 Å². The molecule has 1 aromatic heterocycles. The van der Waals surface area contributed by atoms with E-state index in [9.17, 15) is 13.2 Å². The minimum Gasteiger partial charge on any atom is -0.493 e. The van der Waals surface area contributed by atoms with Crippen LogP contribution in [0.15, 0.2) is 47.6 Å². The Bertz CT molecular complexity index is 1040. The van der Waals surface area contributed by atoms with E-state index in [2.05, 4.69) is 14.9 Å². The molecular weight excluding hydrogens is 459 g/mol. The van der Waals surface area contributed by atoms with Gasteiger partial charge in [-0.2, -0.15) is 0 Å². The van der Waals surface area contributed by atoms with E-state index in [-0.39, 0.29) is 5.75 Å². The summed E-state index contributed by atoms with van der Waals surface area (Å²) in [5.41, 5.74) is 1.65. The number of rotatable bonds is 11. The van der Waals surface area contributed by atoms with Crippen molar-refractivity contribution < 1.29 is 32.1 Å².